The van der Waals surface area contributed by atoms with Gasteiger partial charge in [-0.25, -0.2) is 17.5 Å². The van der Waals surface area contributed by atoms with Crippen LogP contribution in [-0.2, 0) is 10.0 Å². The van der Waals surface area contributed by atoms with Gasteiger partial charge in [0, 0.05) is 6.54 Å². The SMILES string of the molecule is Cc1cc(F)c(N)c(C)c1S(=O)(=O)NCC1CC1. The van der Waals surface area contributed by atoms with Crippen molar-refractivity contribution in [1.82, 2.24) is 4.72 Å². The van der Waals surface area contributed by atoms with Gasteiger partial charge >= 0.3 is 0 Å². The Morgan fingerprint density at radius 2 is 2.06 bits per heavy atom. The summed E-state index contributed by atoms with van der Waals surface area (Å²) >= 11 is 0. The Morgan fingerprint density at radius 3 is 2.61 bits per heavy atom. The molecule has 0 unspecified atom stereocenters. The van der Waals surface area contributed by atoms with Gasteiger partial charge in [0.05, 0.1) is 10.6 Å². The number of benzene rings is 1. The van der Waals surface area contributed by atoms with Gasteiger partial charge in [-0.2, -0.15) is 0 Å². The molecule has 2 rings (SSSR count). The smallest absolute Gasteiger partial charge is 0.241 e. The number of nitrogens with one attached hydrogen (secondary N) is 1. The average molecular weight is 272 g/mol. The number of anilines is 1. The summed E-state index contributed by atoms with van der Waals surface area (Å²) in [5, 5.41) is 0. The quantitative estimate of drug-likeness (QED) is 0.820. The van der Waals surface area contributed by atoms with Gasteiger partial charge in [-0.3, -0.25) is 0 Å². The lowest BCUT2D eigenvalue weighted by Gasteiger charge is -2.14. The van der Waals surface area contributed by atoms with Gasteiger partial charge in [-0.05, 0) is 49.8 Å². The molecule has 0 heterocycles. The highest BCUT2D eigenvalue weighted by atomic mass is 32.2. The summed E-state index contributed by atoms with van der Waals surface area (Å²) in [5.74, 6) is -0.135. The molecule has 1 aliphatic rings. The molecule has 6 heteroatoms. The molecule has 0 amide bonds. The number of rotatable bonds is 4. The van der Waals surface area contributed by atoms with E-state index in [9.17, 15) is 12.8 Å². The van der Waals surface area contributed by atoms with Gasteiger partial charge in [-0.1, -0.05) is 0 Å². The first-order valence-corrected chi connectivity index (χ1v) is 7.36. The van der Waals surface area contributed by atoms with Crippen LogP contribution in [0, 0.1) is 25.6 Å². The Labute approximate surface area is 106 Å². The molecule has 3 N–H and O–H groups in total. The number of hydrogen-bond donors (Lipinski definition) is 2. The van der Waals surface area contributed by atoms with E-state index >= 15 is 0 Å². The van der Waals surface area contributed by atoms with Crippen LogP contribution in [0.25, 0.3) is 0 Å². The van der Waals surface area contributed by atoms with Crippen molar-refractivity contribution < 1.29 is 12.8 Å². The van der Waals surface area contributed by atoms with E-state index in [1.165, 1.54) is 6.92 Å². The number of hydrogen-bond acceptors (Lipinski definition) is 3. The molecular weight excluding hydrogens is 255 g/mol. The van der Waals surface area contributed by atoms with E-state index in [1.54, 1.807) is 6.92 Å². The molecule has 1 aromatic carbocycles. The molecule has 0 aliphatic heterocycles. The summed E-state index contributed by atoms with van der Waals surface area (Å²) < 4.78 is 40.3. The molecule has 0 aromatic heterocycles. The van der Waals surface area contributed by atoms with Crippen molar-refractivity contribution in [3.8, 4) is 0 Å². The molecule has 1 aromatic rings. The minimum absolute atomic E-state index is 0.0991. The van der Waals surface area contributed by atoms with E-state index in [4.69, 9.17) is 5.73 Å². The fraction of sp³-hybridized carbons (Fsp3) is 0.500. The maximum Gasteiger partial charge on any atom is 0.241 e. The predicted molar refractivity (Wildman–Crippen MR) is 68.2 cm³/mol. The van der Waals surface area contributed by atoms with Crippen molar-refractivity contribution in [2.24, 2.45) is 5.92 Å². The van der Waals surface area contributed by atoms with Gasteiger partial charge < -0.3 is 5.73 Å². The lowest BCUT2D eigenvalue weighted by atomic mass is 10.1. The fourth-order valence-electron chi connectivity index (χ4n) is 1.97. The van der Waals surface area contributed by atoms with E-state index in [1.807, 2.05) is 0 Å². The molecule has 0 radical (unpaired) electrons. The molecule has 18 heavy (non-hydrogen) atoms. The van der Waals surface area contributed by atoms with Crippen LogP contribution in [0.4, 0.5) is 10.1 Å². The van der Waals surface area contributed by atoms with Crippen molar-refractivity contribution in [2.75, 3.05) is 12.3 Å². The zero-order chi connectivity index (χ0) is 13.5. The minimum Gasteiger partial charge on any atom is -0.396 e. The summed E-state index contributed by atoms with van der Waals surface area (Å²) in [6.07, 6.45) is 2.12. The highest BCUT2D eigenvalue weighted by Gasteiger charge is 2.27. The molecule has 0 saturated heterocycles. The monoisotopic (exact) mass is 272 g/mol. The largest absolute Gasteiger partial charge is 0.396 e. The van der Waals surface area contributed by atoms with Crippen LogP contribution in [0.1, 0.15) is 24.0 Å². The first-order valence-electron chi connectivity index (χ1n) is 5.87. The Morgan fingerprint density at radius 1 is 1.44 bits per heavy atom. The van der Waals surface area contributed by atoms with Gasteiger partial charge in [0.1, 0.15) is 5.82 Å². The predicted octanol–water partition coefficient (Wildman–Crippen LogP) is 1.71. The molecule has 1 saturated carbocycles. The minimum atomic E-state index is -3.61. The molecule has 0 atom stereocenters. The second-order valence-corrected chi connectivity index (χ2v) is 6.54. The lowest BCUT2D eigenvalue weighted by molar-refractivity contribution is 0.575. The number of nitrogens with two attached hydrogens (primary N) is 1. The van der Waals surface area contributed by atoms with E-state index < -0.39 is 15.8 Å². The zero-order valence-corrected chi connectivity index (χ0v) is 11.3. The van der Waals surface area contributed by atoms with Crippen LogP contribution in [-0.4, -0.2) is 15.0 Å². The van der Waals surface area contributed by atoms with E-state index in [0.717, 1.165) is 18.9 Å². The topological polar surface area (TPSA) is 72.2 Å². The third-order valence-corrected chi connectivity index (χ3v) is 4.94. The third-order valence-electron chi connectivity index (χ3n) is 3.23. The molecular formula is C12H17FN2O2S. The van der Waals surface area contributed by atoms with E-state index in [0.29, 0.717) is 18.0 Å². The Kier molecular flexibility index (Phi) is 3.33. The van der Waals surface area contributed by atoms with Crippen molar-refractivity contribution in [1.29, 1.82) is 0 Å². The fourth-order valence-corrected chi connectivity index (χ4v) is 3.56. The number of sulfonamides is 1. The maximum absolute atomic E-state index is 13.4. The van der Waals surface area contributed by atoms with Crippen LogP contribution >= 0.6 is 0 Å². The Balaban J connectivity index is 2.39. The summed E-state index contributed by atoms with van der Waals surface area (Å²) in [4.78, 5) is 0.0991. The zero-order valence-electron chi connectivity index (χ0n) is 10.5. The maximum atomic E-state index is 13.4. The first kappa shape index (κ1) is 13.3. The highest BCUT2D eigenvalue weighted by Crippen LogP contribution is 2.30. The summed E-state index contributed by atoms with van der Waals surface area (Å²) in [6, 6.07) is 1.16. The average Bonchev–Trinajstić information content (AvgIpc) is 3.07. The van der Waals surface area contributed by atoms with Crippen molar-refractivity contribution in [3.63, 3.8) is 0 Å². The number of halogens is 1. The molecule has 0 bridgehead atoms. The number of aryl methyl sites for hydroxylation is 1. The van der Waals surface area contributed by atoms with Crippen LogP contribution < -0.4 is 10.5 Å². The number of nitrogen functional groups attached to an aromatic ring is 1. The summed E-state index contributed by atoms with van der Waals surface area (Å²) in [5.41, 5.74) is 6.10. The van der Waals surface area contributed by atoms with Crippen molar-refractivity contribution >= 4 is 15.7 Å². The lowest BCUT2D eigenvalue weighted by Crippen LogP contribution is -2.27. The van der Waals surface area contributed by atoms with Gasteiger partial charge in [0.15, 0.2) is 0 Å². The van der Waals surface area contributed by atoms with Gasteiger partial charge in [0.25, 0.3) is 0 Å². The standard InChI is InChI=1S/C12H17FN2O2S/c1-7-5-10(13)11(14)8(2)12(7)18(16,17)15-6-9-3-4-9/h5,9,15H,3-4,6,14H2,1-2H3. The highest BCUT2D eigenvalue weighted by molar-refractivity contribution is 7.89. The summed E-state index contributed by atoms with van der Waals surface area (Å²) in [6.45, 7) is 3.54. The second-order valence-electron chi connectivity index (χ2n) is 4.84. The van der Waals surface area contributed by atoms with E-state index in [2.05, 4.69) is 4.72 Å². The van der Waals surface area contributed by atoms with Crippen LogP contribution in [0.2, 0.25) is 0 Å². The molecule has 1 aliphatic carbocycles. The van der Waals surface area contributed by atoms with Crippen LogP contribution in [0.3, 0.4) is 0 Å². The Bertz CT molecular complexity index is 580. The van der Waals surface area contributed by atoms with Crippen molar-refractivity contribution in [2.45, 2.75) is 31.6 Å². The molecule has 4 nitrogen and oxygen atoms in total. The Hall–Kier alpha value is -1.14. The van der Waals surface area contributed by atoms with Gasteiger partial charge in [-0.15, -0.1) is 0 Å². The third kappa shape index (κ3) is 2.49. The molecule has 0 spiro atoms. The van der Waals surface area contributed by atoms with Crippen molar-refractivity contribution in [3.05, 3.63) is 23.0 Å². The second kappa shape index (κ2) is 4.51. The first-order chi connectivity index (χ1) is 8.33. The summed E-state index contributed by atoms with van der Waals surface area (Å²) in [7, 11) is -3.61. The van der Waals surface area contributed by atoms with E-state index in [-0.39, 0.29) is 16.1 Å². The molecule has 100 valence electrons. The van der Waals surface area contributed by atoms with Gasteiger partial charge in [0.2, 0.25) is 10.0 Å². The molecule has 1 fully saturated rings. The van der Waals surface area contributed by atoms with Crippen LogP contribution in [0.15, 0.2) is 11.0 Å². The van der Waals surface area contributed by atoms with Crippen LogP contribution in [0.5, 0.6) is 0 Å². The normalized spacial score (nSPS) is 15.9.